The molecule has 0 fully saturated rings. The number of anilines is 1. The van der Waals surface area contributed by atoms with Gasteiger partial charge in [-0.25, -0.2) is 0 Å². The van der Waals surface area contributed by atoms with Crippen molar-refractivity contribution in [1.82, 2.24) is 0 Å². The molecule has 0 saturated heterocycles. The van der Waals surface area contributed by atoms with Crippen LogP contribution in [0, 0.1) is 6.92 Å². The van der Waals surface area contributed by atoms with E-state index in [0.717, 1.165) is 26.7 Å². The summed E-state index contributed by atoms with van der Waals surface area (Å²) >= 11 is 9.78. The van der Waals surface area contributed by atoms with E-state index >= 15 is 0 Å². The van der Waals surface area contributed by atoms with Gasteiger partial charge in [0.15, 0.2) is 5.22 Å². The summed E-state index contributed by atoms with van der Waals surface area (Å²) in [7, 11) is 0. The Morgan fingerprint density at radius 1 is 1.15 bits per heavy atom. The van der Waals surface area contributed by atoms with Crippen LogP contribution in [0.2, 0.25) is 5.22 Å². The highest BCUT2D eigenvalue weighted by atomic mass is 79.9. The molecule has 102 valence electrons. The second kappa shape index (κ2) is 5.51. The summed E-state index contributed by atoms with van der Waals surface area (Å²) in [4.78, 5) is 0. The van der Waals surface area contributed by atoms with Crippen LogP contribution in [0.4, 0.5) is 5.69 Å². The zero-order valence-electron chi connectivity index (χ0n) is 10.9. The van der Waals surface area contributed by atoms with Crippen molar-refractivity contribution in [2.24, 2.45) is 0 Å². The fourth-order valence-electron chi connectivity index (χ4n) is 2.20. The SMILES string of the molecule is Cc1cccc(NCc2c(Cl)oc3ccccc23)c1Br. The van der Waals surface area contributed by atoms with Gasteiger partial charge < -0.3 is 9.73 Å². The van der Waals surface area contributed by atoms with E-state index in [4.69, 9.17) is 16.0 Å². The molecule has 0 amide bonds. The van der Waals surface area contributed by atoms with Gasteiger partial charge in [-0.3, -0.25) is 0 Å². The van der Waals surface area contributed by atoms with Crippen molar-refractivity contribution < 1.29 is 4.42 Å². The Hall–Kier alpha value is -1.45. The molecule has 0 spiro atoms. The van der Waals surface area contributed by atoms with Crippen LogP contribution in [0.25, 0.3) is 11.0 Å². The molecule has 20 heavy (non-hydrogen) atoms. The summed E-state index contributed by atoms with van der Waals surface area (Å²) in [6, 6.07) is 14.0. The molecule has 2 aromatic carbocycles. The summed E-state index contributed by atoms with van der Waals surface area (Å²) < 4.78 is 6.63. The highest BCUT2D eigenvalue weighted by Gasteiger charge is 2.12. The van der Waals surface area contributed by atoms with Crippen molar-refractivity contribution in [3.8, 4) is 0 Å². The molecule has 2 nitrogen and oxygen atoms in total. The number of halogens is 2. The number of hydrogen-bond donors (Lipinski definition) is 1. The van der Waals surface area contributed by atoms with Gasteiger partial charge in [-0.1, -0.05) is 30.3 Å². The second-order valence-electron chi connectivity index (χ2n) is 4.64. The van der Waals surface area contributed by atoms with Crippen LogP contribution in [-0.2, 0) is 6.54 Å². The molecule has 3 aromatic rings. The first kappa shape index (κ1) is 13.5. The summed E-state index contributed by atoms with van der Waals surface area (Å²) in [5.74, 6) is 0. The molecule has 4 heteroatoms. The van der Waals surface area contributed by atoms with Crippen molar-refractivity contribution in [3.05, 3.63) is 63.3 Å². The molecule has 0 unspecified atom stereocenters. The van der Waals surface area contributed by atoms with Crippen LogP contribution < -0.4 is 5.32 Å². The molecule has 3 rings (SSSR count). The van der Waals surface area contributed by atoms with E-state index < -0.39 is 0 Å². The maximum Gasteiger partial charge on any atom is 0.199 e. The minimum Gasteiger partial charge on any atom is -0.444 e. The number of nitrogens with one attached hydrogen (secondary N) is 1. The molecule has 1 heterocycles. The number of fused-ring (bicyclic) bond motifs is 1. The topological polar surface area (TPSA) is 25.2 Å². The van der Waals surface area contributed by atoms with Crippen LogP contribution >= 0.6 is 27.5 Å². The molecular weight excluding hydrogens is 338 g/mol. The number of hydrogen-bond acceptors (Lipinski definition) is 2. The second-order valence-corrected chi connectivity index (χ2v) is 5.78. The van der Waals surface area contributed by atoms with E-state index in [1.165, 1.54) is 5.56 Å². The third-order valence-electron chi connectivity index (χ3n) is 3.30. The predicted octanol–water partition coefficient (Wildman–Crippen LogP) is 5.77. The molecule has 1 N–H and O–H groups in total. The standard InChI is InChI=1S/C16H13BrClNO/c1-10-5-4-7-13(15(10)17)19-9-12-11-6-2-3-8-14(11)20-16(12)18/h2-8,19H,9H2,1H3. The quantitative estimate of drug-likeness (QED) is 0.648. The average Bonchev–Trinajstić information content (AvgIpc) is 2.76. The highest BCUT2D eigenvalue weighted by Crippen LogP contribution is 2.31. The lowest BCUT2D eigenvalue weighted by atomic mass is 10.1. The Bertz CT molecular complexity index is 766. The third kappa shape index (κ3) is 2.43. The smallest absolute Gasteiger partial charge is 0.199 e. The van der Waals surface area contributed by atoms with Crippen LogP contribution in [0.15, 0.2) is 51.4 Å². The molecule has 0 atom stereocenters. The van der Waals surface area contributed by atoms with Crippen molar-refractivity contribution in [1.29, 1.82) is 0 Å². The van der Waals surface area contributed by atoms with E-state index in [9.17, 15) is 0 Å². The first-order valence-electron chi connectivity index (χ1n) is 6.31. The number of aryl methyl sites for hydroxylation is 1. The highest BCUT2D eigenvalue weighted by molar-refractivity contribution is 9.10. The summed E-state index contributed by atoms with van der Waals surface area (Å²) in [6.45, 7) is 2.69. The lowest BCUT2D eigenvalue weighted by Gasteiger charge is -2.09. The van der Waals surface area contributed by atoms with Crippen LogP contribution in [-0.4, -0.2) is 0 Å². The van der Waals surface area contributed by atoms with E-state index in [1.807, 2.05) is 36.4 Å². The maximum atomic E-state index is 6.19. The molecule has 0 aliphatic rings. The molecule has 1 aromatic heterocycles. The zero-order valence-corrected chi connectivity index (χ0v) is 13.3. The molecule has 0 saturated carbocycles. The summed E-state index contributed by atoms with van der Waals surface area (Å²) in [6.07, 6.45) is 0. The molecule has 0 bridgehead atoms. The van der Waals surface area contributed by atoms with Crippen molar-refractivity contribution in [2.75, 3.05) is 5.32 Å². The van der Waals surface area contributed by atoms with E-state index in [2.05, 4.69) is 34.2 Å². The van der Waals surface area contributed by atoms with E-state index in [-0.39, 0.29) is 0 Å². The van der Waals surface area contributed by atoms with Gasteiger partial charge in [0.1, 0.15) is 5.58 Å². The monoisotopic (exact) mass is 349 g/mol. The predicted molar refractivity (Wildman–Crippen MR) is 87.4 cm³/mol. The Kier molecular flexibility index (Phi) is 3.72. The maximum absolute atomic E-state index is 6.19. The third-order valence-corrected chi connectivity index (χ3v) is 4.65. The normalized spacial score (nSPS) is 10.9. The number of benzene rings is 2. The number of rotatable bonds is 3. The summed E-state index contributed by atoms with van der Waals surface area (Å²) in [5, 5.41) is 4.89. The Morgan fingerprint density at radius 3 is 2.80 bits per heavy atom. The zero-order chi connectivity index (χ0) is 14.1. The lowest BCUT2D eigenvalue weighted by Crippen LogP contribution is -2.00. The minimum atomic E-state index is 0.447. The van der Waals surface area contributed by atoms with Gasteiger partial charge in [0.05, 0.1) is 0 Å². The molecular formula is C16H13BrClNO. The fourth-order valence-corrected chi connectivity index (χ4v) is 2.86. The van der Waals surface area contributed by atoms with Crippen LogP contribution in [0.5, 0.6) is 0 Å². The Balaban J connectivity index is 1.90. The van der Waals surface area contributed by atoms with Gasteiger partial charge in [0.25, 0.3) is 0 Å². The number of para-hydroxylation sites is 1. The van der Waals surface area contributed by atoms with E-state index in [0.29, 0.717) is 11.8 Å². The van der Waals surface area contributed by atoms with E-state index in [1.54, 1.807) is 0 Å². The van der Waals surface area contributed by atoms with Crippen LogP contribution in [0.3, 0.4) is 0 Å². The Labute approximate surface area is 130 Å². The molecule has 0 radical (unpaired) electrons. The van der Waals surface area contributed by atoms with Gasteiger partial charge >= 0.3 is 0 Å². The van der Waals surface area contributed by atoms with Gasteiger partial charge in [-0.15, -0.1) is 0 Å². The molecule has 0 aliphatic carbocycles. The first-order valence-corrected chi connectivity index (χ1v) is 7.49. The van der Waals surface area contributed by atoms with Crippen molar-refractivity contribution in [3.63, 3.8) is 0 Å². The largest absolute Gasteiger partial charge is 0.444 e. The van der Waals surface area contributed by atoms with Gasteiger partial charge in [-0.2, -0.15) is 0 Å². The Morgan fingerprint density at radius 2 is 1.95 bits per heavy atom. The first-order chi connectivity index (χ1) is 9.66. The number of furan rings is 1. The van der Waals surface area contributed by atoms with Gasteiger partial charge in [-0.05, 0) is 52.2 Å². The summed E-state index contributed by atoms with van der Waals surface area (Å²) in [5.41, 5.74) is 4.04. The fraction of sp³-hybridized carbons (Fsp3) is 0.125. The van der Waals surface area contributed by atoms with Crippen LogP contribution in [0.1, 0.15) is 11.1 Å². The van der Waals surface area contributed by atoms with Gasteiger partial charge in [0.2, 0.25) is 0 Å². The van der Waals surface area contributed by atoms with Crippen molar-refractivity contribution in [2.45, 2.75) is 13.5 Å². The molecule has 0 aliphatic heterocycles. The minimum absolute atomic E-state index is 0.447. The average molecular weight is 351 g/mol. The van der Waals surface area contributed by atoms with Gasteiger partial charge in [0, 0.05) is 27.7 Å². The van der Waals surface area contributed by atoms with Crippen molar-refractivity contribution >= 4 is 44.2 Å². The lowest BCUT2D eigenvalue weighted by molar-refractivity contribution is 0.613.